The Balaban J connectivity index is 4.38. The minimum atomic E-state index is -2.01. The summed E-state index contributed by atoms with van der Waals surface area (Å²) in [6.45, 7) is -0.811. The summed E-state index contributed by atoms with van der Waals surface area (Å²) in [5.41, 5.74) is 0. The van der Waals surface area contributed by atoms with Crippen LogP contribution in [0.15, 0.2) is 0 Å². The predicted molar refractivity (Wildman–Crippen MR) is 48.9 cm³/mol. The molecule has 14 heavy (non-hydrogen) atoms. The zero-order valence-corrected chi connectivity index (χ0v) is 8.72. The van der Waals surface area contributed by atoms with Crippen LogP contribution in [-0.4, -0.2) is 62.2 Å². The molecule has 0 spiro atoms. The molecule has 3 atom stereocenters. The van der Waals surface area contributed by atoms with Gasteiger partial charge >= 0.3 is 0 Å². The lowest BCUT2D eigenvalue weighted by Crippen LogP contribution is -2.46. The molecule has 0 amide bonds. The number of hydrogen-bond acceptors (Lipinski definition) is 6. The van der Waals surface area contributed by atoms with Crippen molar-refractivity contribution in [2.75, 3.05) is 11.9 Å². The summed E-state index contributed by atoms with van der Waals surface area (Å²) in [4.78, 5) is 21.7. The van der Waals surface area contributed by atoms with Crippen molar-refractivity contribution < 1.29 is 30.0 Å². The highest BCUT2D eigenvalue weighted by molar-refractivity contribution is 9.09. The Morgan fingerprint density at radius 1 is 1.21 bits per heavy atom. The van der Waals surface area contributed by atoms with Crippen LogP contribution in [-0.2, 0) is 9.59 Å². The SMILES string of the molecule is O=C(CBr)C(=O)[C@H](O)[C@@H](O)[C@H](O)CO. The first-order chi connectivity index (χ1) is 6.45. The number of aliphatic hydroxyl groups excluding tert-OH is 4. The lowest BCUT2D eigenvalue weighted by atomic mass is 10.0. The summed E-state index contributed by atoms with van der Waals surface area (Å²) in [5, 5.41) is 35.1. The lowest BCUT2D eigenvalue weighted by molar-refractivity contribution is -0.148. The van der Waals surface area contributed by atoms with Gasteiger partial charge in [-0.25, -0.2) is 0 Å². The molecule has 0 aromatic heterocycles. The van der Waals surface area contributed by atoms with Crippen molar-refractivity contribution in [3.05, 3.63) is 0 Å². The van der Waals surface area contributed by atoms with Gasteiger partial charge in [-0.3, -0.25) is 9.59 Å². The van der Waals surface area contributed by atoms with Gasteiger partial charge in [0.1, 0.15) is 18.3 Å². The summed E-state index contributed by atoms with van der Waals surface area (Å²) in [5.74, 6) is -2.12. The maximum absolute atomic E-state index is 11.0. The molecule has 0 aliphatic rings. The summed E-state index contributed by atoms with van der Waals surface area (Å²) >= 11 is 2.71. The molecule has 0 bridgehead atoms. The number of rotatable bonds is 6. The Morgan fingerprint density at radius 2 is 1.71 bits per heavy atom. The molecule has 0 radical (unpaired) electrons. The van der Waals surface area contributed by atoms with Gasteiger partial charge in [0.05, 0.1) is 11.9 Å². The minimum Gasteiger partial charge on any atom is -0.394 e. The molecule has 0 aliphatic heterocycles. The maximum atomic E-state index is 11.0. The van der Waals surface area contributed by atoms with Gasteiger partial charge in [-0.15, -0.1) is 0 Å². The number of carbonyl (C=O) groups excluding carboxylic acids is 2. The Bertz CT molecular complexity index is 218. The van der Waals surface area contributed by atoms with Crippen LogP contribution in [0.5, 0.6) is 0 Å². The van der Waals surface area contributed by atoms with Crippen LogP contribution in [0.1, 0.15) is 0 Å². The van der Waals surface area contributed by atoms with E-state index in [-0.39, 0.29) is 5.33 Å². The van der Waals surface area contributed by atoms with Crippen molar-refractivity contribution in [3.8, 4) is 0 Å². The smallest absolute Gasteiger partial charge is 0.230 e. The number of hydrogen-bond donors (Lipinski definition) is 4. The summed E-state index contributed by atoms with van der Waals surface area (Å²) in [7, 11) is 0. The number of aliphatic hydroxyl groups is 4. The van der Waals surface area contributed by atoms with E-state index < -0.39 is 36.5 Å². The van der Waals surface area contributed by atoms with Crippen LogP contribution < -0.4 is 0 Å². The largest absolute Gasteiger partial charge is 0.394 e. The van der Waals surface area contributed by atoms with Gasteiger partial charge in [-0.2, -0.15) is 0 Å². The number of carbonyl (C=O) groups is 2. The van der Waals surface area contributed by atoms with E-state index in [1.54, 1.807) is 0 Å². The molecule has 0 saturated heterocycles. The zero-order valence-electron chi connectivity index (χ0n) is 7.13. The second kappa shape index (κ2) is 6.20. The molecule has 0 fully saturated rings. The van der Waals surface area contributed by atoms with Crippen molar-refractivity contribution in [1.82, 2.24) is 0 Å². The van der Waals surface area contributed by atoms with E-state index in [2.05, 4.69) is 15.9 Å². The molecule has 0 aromatic carbocycles. The molecular formula is C7H11BrO6. The lowest BCUT2D eigenvalue weighted by Gasteiger charge is -2.19. The Hall–Kier alpha value is -0.340. The van der Waals surface area contributed by atoms with Crippen molar-refractivity contribution in [1.29, 1.82) is 0 Å². The van der Waals surface area contributed by atoms with E-state index in [1.165, 1.54) is 0 Å². The number of Topliss-reactive ketones (excluding diaryl/α,β-unsaturated/α-hetero) is 2. The fraction of sp³-hybridized carbons (Fsp3) is 0.714. The van der Waals surface area contributed by atoms with Gasteiger partial charge in [0.2, 0.25) is 11.6 Å². The third kappa shape index (κ3) is 3.43. The van der Waals surface area contributed by atoms with E-state index in [1.807, 2.05) is 0 Å². The molecule has 0 saturated carbocycles. The van der Waals surface area contributed by atoms with Crippen molar-refractivity contribution in [2.45, 2.75) is 18.3 Å². The first-order valence-corrected chi connectivity index (χ1v) is 4.85. The average Bonchev–Trinajstić information content (AvgIpc) is 2.23. The molecule has 0 heterocycles. The minimum absolute atomic E-state index is 0.273. The molecule has 0 aromatic rings. The third-order valence-corrected chi connectivity index (χ3v) is 2.08. The van der Waals surface area contributed by atoms with Gasteiger partial charge in [0.25, 0.3) is 0 Å². The average molecular weight is 271 g/mol. The monoisotopic (exact) mass is 270 g/mol. The first-order valence-electron chi connectivity index (χ1n) is 3.73. The van der Waals surface area contributed by atoms with E-state index in [0.717, 1.165) is 0 Å². The molecule has 7 heteroatoms. The van der Waals surface area contributed by atoms with Crippen molar-refractivity contribution in [3.63, 3.8) is 0 Å². The van der Waals surface area contributed by atoms with Gasteiger partial charge in [-0.1, -0.05) is 15.9 Å². The number of ketones is 2. The Morgan fingerprint density at radius 3 is 2.07 bits per heavy atom. The fourth-order valence-corrected chi connectivity index (χ4v) is 0.981. The van der Waals surface area contributed by atoms with Crippen LogP contribution in [0.3, 0.4) is 0 Å². The van der Waals surface area contributed by atoms with Crippen LogP contribution >= 0.6 is 15.9 Å². The van der Waals surface area contributed by atoms with E-state index in [9.17, 15) is 9.59 Å². The van der Waals surface area contributed by atoms with Crippen LogP contribution in [0.4, 0.5) is 0 Å². The Kier molecular flexibility index (Phi) is 6.05. The molecule has 4 N–H and O–H groups in total. The molecule has 0 rings (SSSR count). The summed E-state index contributed by atoms with van der Waals surface area (Å²) in [6, 6.07) is 0. The fourth-order valence-electron chi connectivity index (χ4n) is 0.704. The molecule has 6 nitrogen and oxygen atoms in total. The van der Waals surface area contributed by atoms with Gasteiger partial charge in [-0.05, 0) is 0 Å². The van der Waals surface area contributed by atoms with E-state index in [4.69, 9.17) is 20.4 Å². The van der Waals surface area contributed by atoms with Gasteiger partial charge in [0, 0.05) is 0 Å². The molecular weight excluding hydrogens is 260 g/mol. The summed E-state index contributed by atoms with van der Waals surface area (Å²) in [6.07, 6.45) is -5.53. The third-order valence-electron chi connectivity index (χ3n) is 1.57. The van der Waals surface area contributed by atoms with E-state index >= 15 is 0 Å². The van der Waals surface area contributed by atoms with Crippen molar-refractivity contribution >= 4 is 27.5 Å². The second-order valence-electron chi connectivity index (χ2n) is 2.61. The quantitative estimate of drug-likeness (QED) is 0.316. The van der Waals surface area contributed by atoms with Gasteiger partial charge < -0.3 is 20.4 Å². The normalized spacial score (nSPS) is 17.2. The second-order valence-corrected chi connectivity index (χ2v) is 3.17. The number of halogens is 1. The van der Waals surface area contributed by atoms with Crippen molar-refractivity contribution in [2.24, 2.45) is 0 Å². The highest BCUT2D eigenvalue weighted by atomic mass is 79.9. The maximum Gasteiger partial charge on any atom is 0.230 e. The standard InChI is InChI=1S/C7H11BrO6/c8-1-3(10)5(12)7(14)6(13)4(11)2-9/h4,6-7,9,11,13-14H,1-2H2/t4-,6+,7+/m1/s1. The Labute approximate surface area is 88.3 Å². The highest BCUT2D eigenvalue weighted by Gasteiger charge is 2.32. The zero-order chi connectivity index (χ0) is 11.3. The molecule has 0 unspecified atom stereocenters. The van der Waals surface area contributed by atoms with Crippen LogP contribution in [0.2, 0.25) is 0 Å². The predicted octanol–water partition coefficient (Wildman–Crippen LogP) is -2.41. The first kappa shape index (κ1) is 13.7. The summed E-state index contributed by atoms with van der Waals surface area (Å²) < 4.78 is 0. The van der Waals surface area contributed by atoms with Crippen LogP contribution in [0.25, 0.3) is 0 Å². The molecule has 0 aliphatic carbocycles. The topological polar surface area (TPSA) is 115 Å². The molecule has 82 valence electrons. The highest BCUT2D eigenvalue weighted by Crippen LogP contribution is 2.02. The van der Waals surface area contributed by atoms with Crippen LogP contribution in [0, 0.1) is 0 Å². The van der Waals surface area contributed by atoms with E-state index in [0.29, 0.717) is 0 Å². The van der Waals surface area contributed by atoms with Gasteiger partial charge in [0.15, 0.2) is 0 Å². The number of alkyl halides is 1.